The first-order valence-electron chi connectivity index (χ1n) is 15.2. The van der Waals surface area contributed by atoms with Crippen molar-refractivity contribution in [2.24, 2.45) is 5.92 Å². The van der Waals surface area contributed by atoms with Crippen molar-refractivity contribution in [2.75, 3.05) is 38.2 Å². The summed E-state index contributed by atoms with van der Waals surface area (Å²) in [6, 6.07) is 22.5. The first-order chi connectivity index (χ1) is 21.8. The van der Waals surface area contributed by atoms with Gasteiger partial charge in [-0.15, -0.1) is 0 Å². The van der Waals surface area contributed by atoms with Crippen LogP contribution < -0.4 is 19.7 Å². The summed E-state index contributed by atoms with van der Waals surface area (Å²) in [7, 11) is 1.60. The Morgan fingerprint density at radius 1 is 1.00 bits per heavy atom. The molecule has 1 N–H and O–H groups in total. The summed E-state index contributed by atoms with van der Waals surface area (Å²) in [4.78, 5) is 34.7. The largest absolute Gasteiger partial charge is 0.493 e. The molecular weight excluding hydrogens is 574 g/mol. The van der Waals surface area contributed by atoms with E-state index in [9.17, 15) is 9.59 Å². The van der Waals surface area contributed by atoms with Gasteiger partial charge in [-0.05, 0) is 42.2 Å². The Kier molecular flexibility index (Phi) is 8.97. The molecule has 4 aromatic rings. The van der Waals surface area contributed by atoms with Gasteiger partial charge in [0.25, 0.3) is 5.91 Å². The maximum absolute atomic E-state index is 13.5. The highest BCUT2D eigenvalue weighted by atomic mass is 16.5. The van der Waals surface area contributed by atoms with Gasteiger partial charge in [0.2, 0.25) is 11.7 Å². The minimum atomic E-state index is -0.387. The Bertz CT molecular complexity index is 1640. The lowest BCUT2D eigenvalue weighted by Gasteiger charge is -2.38. The number of likely N-dealkylation sites (N-methyl/N-ethyl adjacent to an activating group) is 1. The number of rotatable bonds is 5. The molecular formula is C34H37N5O6. The van der Waals surface area contributed by atoms with Crippen LogP contribution in [0.1, 0.15) is 36.2 Å². The van der Waals surface area contributed by atoms with E-state index < -0.39 is 0 Å². The molecule has 4 bridgehead atoms. The summed E-state index contributed by atoms with van der Waals surface area (Å²) in [5.41, 5.74) is 2.13. The number of carbonyl (C=O) groups excluding carboxylic acids is 2. The van der Waals surface area contributed by atoms with Crippen molar-refractivity contribution in [3.05, 3.63) is 83.9 Å². The zero-order valence-electron chi connectivity index (χ0n) is 25.6. The number of benzene rings is 3. The predicted molar refractivity (Wildman–Crippen MR) is 167 cm³/mol. The fraction of sp³-hybridized carbons (Fsp3) is 0.353. The molecule has 2 aliphatic rings. The Labute approximate surface area is 262 Å². The summed E-state index contributed by atoms with van der Waals surface area (Å²) in [6.07, 6.45) is 0.195. The number of hydrogen-bond acceptors (Lipinski definition) is 9. The first kappa shape index (κ1) is 30.1. The highest BCUT2D eigenvalue weighted by Gasteiger charge is 2.34. The van der Waals surface area contributed by atoms with Crippen molar-refractivity contribution in [3.63, 3.8) is 0 Å². The molecule has 0 spiro atoms. The highest BCUT2D eigenvalue weighted by molar-refractivity contribution is 5.97. The number of hydrogen-bond donors (Lipinski definition) is 1. The molecule has 0 unspecified atom stereocenters. The zero-order valence-corrected chi connectivity index (χ0v) is 25.6. The molecule has 3 aromatic carbocycles. The van der Waals surface area contributed by atoms with Crippen molar-refractivity contribution in [1.29, 1.82) is 0 Å². The molecule has 0 aliphatic carbocycles. The van der Waals surface area contributed by atoms with Crippen LogP contribution in [0.5, 0.6) is 17.2 Å². The van der Waals surface area contributed by atoms with Crippen molar-refractivity contribution < 1.29 is 28.3 Å². The van der Waals surface area contributed by atoms with Gasteiger partial charge in [0, 0.05) is 30.8 Å². The normalized spacial score (nSPS) is 19.1. The molecule has 2 atom stereocenters. The lowest BCUT2D eigenvalue weighted by Crippen LogP contribution is -2.56. The lowest BCUT2D eigenvalue weighted by atomic mass is 10.0. The molecule has 234 valence electrons. The van der Waals surface area contributed by atoms with E-state index in [0.29, 0.717) is 73.3 Å². The quantitative estimate of drug-likeness (QED) is 0.335. The number of fused-ring (bicyclic) bond motifs is 5. The van der Waals surface area contributed by atoms with Gasteiger partial charge in [0.15, 0.2) is 0 Å². The number of amides is 2. The maximum atomic E-state index is 13.5. The van der Waals surface area contributed by atoms with E-state index in [2.05, 4.69) is 29.3 Å². The third-order valence-corrected chi connectivity index (χ3v) is 7.66. The number of carbonyl (C=O) groups is 2. The standard InChI is InChI=1S/C34H37N5O6/c1-22(2)20-42-27-15-25-16-28(17-27)44-26-11-7-8-23(14-26)21-43-30-18-39(13-12-29(30)35-31(40)19-38(3)33(25)41)34-36-32(37-45-34)24-9-5-4-6-10-24/h4-11,14-17,22,29-30H,12-13,18-21H2,1-3H3,(H,35,40)/t29-,30-/m0/s1. The Morgan fingerprint density at radius 2 is 1.84 bits per heavy atom. The topological polar surface area (TPSA) is 119 Å². The minimum Gasteiger partial charge on any atom is -0.493 e. The number of nitrogens with zero attached hydrogens (tertiary/aromatic N) is 4. The molecule has 45 heavy (non-hydrogen) atoms. The molecule has 6 rings (SSSR count). The third-order valence-electron chi connectivity index (χ3n) is 7.66. The van der Waals surface area contributed by atoms with Crippen molar-refractivity contribution >= 4 is 17.8 Å². The molecule has 3 heterocycles. The van der Waals surface area contributed by atoms with Gasteiger partial charge in [-0.1, -0.05) is 61.5 Å². The minimum absolute atomic E-state index is 0.123. The first-order valence-corrected chi connectivity index (χ1v) is 15.2. The van der Waals surface area contributed by atoms with E-state index in [0.717, 1.165) is 11.1 Å². The fourth-order valence-electron chi connectivity index (χ4n) is 5.37. The number of nitrogens with one attached hydrogen (secondary N) is 1. The van der Waals surface area contributed by atoms with Crippen LogP contribution in [-0.4, -0.2) is 72.3 Å². The average Bonchev–Trinajstić information content (AvgIpc) is 3.53. The van der Waals surface area contributed by atoms with Crippen molar-refractivity contribution in [3.8, 4) is 28.6 Å². The highest BCUT2D eigenvalue weighted by Crippen LogP contribution is 2.30. The third kappa shape index (κ3) is 7.43. The molecule has 2 amide bonds. The van der Waals surface area contributed by atoms with Crippen LogP contribution in [0.2, 0.25) is 0 Å². The van der Waals surface area contributed by atoms with Crippen LogP contribution in [0.3, 0.4) is 0 Å². The van der Waals surface area contributed by atoms with Crippen LogP contribution >= 0.6 is 0 Å². The summed E-state index contributed by atoms with van der Waals surface area (Å²) in [6.45, 7) is 5.77. The second-order valence-electron chi connectivity index (χ2n) is 11.8. The SMILES string of the molecule is CC(C)COc1cc2cc(c1)C(=O)N(C)CC(=O)N[C@H]1CCN(c3nc(-c4ccccc4)no3)C[C@@H]1OCc1cccc(c1)O2. The number of ether oxygens (including phenoxy) is 3. The van der Waals surface area contributed by atoms with Crippen LogP contribution in [0.4, 0.5) is 6.01 Å². The maximum Gasteiger partial charge on any atom is 0.324 e. The fourth-order valence-corrected chi connectivity index (χ4v) is 5.37. The molecule has 1 saturated heterocycles. The number of anilines is 1. The van der Waals surface area contributed by atoms with E-state index in [1.54, 1.807) is 25.2 Å². The Balaban J connectivity index is 1.25. The van der Waals surface area contributed by atoms with E-state index in [-0.39, 0.29) is 30.5 Å². The lowest BCUT2D eigenvalue weighted by molar-refractivity contribution is -0.123. The van der Waals surface area contributed by atoms with E-state index in [1.807, 2.05) is 59.5 Å². The monoisotopic (exact) mass is 611 g/mol. The summed E-state index contributed by atoms with van der Waals surface area (Å²) in [5, 5.41) is 7.28. The van der Waals surface area contributed by atoms with Crippen LogP contribution in [0.25, 0.3) is 11.4 Å². The van der Waals surface area contributed by atoms with E-state index in [4.69, 9.17) is 18.7 Å². The van der Waals surface area contributed by atoms with Crippen LogP contribution in [-0.2, 0) is 16.1 Å². The second-order valence-corrected chi connectivity index (χ2v) is 11.8. The van der Waals surface area contributed by atoms with Crippen LogP contribution in [0.15, 0.2) is 77.3 Å². The molecule has 11 nitrogen and oxygen atoms in total. The summed E-state index contributed by atoms with van der Waals surface area (Å²) >= 11 is 0. The van der Waals surface area contributed by atoms with Gasteiger partial charge >= 0.3 is 6.01 Å². The number of aromatic nitrogens is 2. The molecule has 0 radical (unpaired) electrons. The second kappa shape index (κ2) is 13.4. The number of piperidine rings is 1. The van der Waals surface area contributed by atoms with Gasteiger partial charge in [-0.25, -0.2) is 0 Å². The van der Waals surface area contributed by atoms with Crippen molar-refractivity contribution in [2.45, 2.75) is 39.0 Å². The molecule has 11 heteroatoms. The van der Waals surface area contributed by atoms with Gasteiger partial charge in [-0.2, -0.15) is 4.98 Å². The van der Waals surface area contributed by atoms with Gasteiger partial charge in [0.05, 0.1) is 38.4 Å². The van der Waals surface area contributed by atoms with Gasteiger partial charge < -0.3 is 33.9 Å². The smallest absolute Gasteiger partial charge is 0.324 e. The van der Waals surface area contributed by atoms with E-state index in [1.165, 1.54) is 4.90 Å². The molecule has 1 fully saturated rings. The Hall–Kier alpha value is -4.90. The van der Waals surface area contributed by atoms with E-state index >= 15 is 0 Å². The van der Waals surface area contributed by atoms with Gasteiger partial charge in [0.1, 0.15) is 17.2 Å². The Morgan fingerprint density at radius 3 is 2.67 bits per heavy atom. The average molecular weight is 612 g/mol. The predicted octanol–water partition coefficient (Wildman–Crippen LogP) is 4.93. The molecule has 1 aromatic heterocycles. The molecule has 0 saturated carbocycles. The van der Waals surface area contributed by atoms with Crippen LogP contribution in [0, 0.1) is 5.92 Å². The summed E-state index contributed by atoms with van der Waals surface area (Å²) in [5.74, 6) is 1.80. The molecule has 2 aliphatic heterocycles. The summed E-state index contributed by atoms with van der Waals surface area (Å²) < 4.78 is 24.2. The zero-order chi connectivity index (χ0) is 31.3. The van der Waals surface area contributed by atoms with Crippen molar-refractivity contribution in [1.82, 2.24) is 20.4 Å². The van der Waals surface area contributed by atoms with Gasteiger partial charge in [-0.3, -0.25) is 9.59 Å².